The van der Waals surface area contributed by atoms with Gasteiger partial charge in [-0.1, -0.05) is 13.2 Å². The van der Waals surface area contributed by atoms with Crippen LogP contribution < -0.4 is 0 Å². The highest BCUT2D eigenvalue weighted by molar-refractivity contribution is 6.31. The van der Waals surface area contributed by atoms with Crippen molar-refractivity contribution in [3.63, 3.8) is 0 Å². The maximum Gasteiger partial charge on any atom is 0.204 e. The lowest BCUT2D eigenvalue weighted by Gasteiger charge is -2.31. The van der Waals surface area contributed by atoms with Crippen LogP contribution in [0.4, 0.5) is 0 Å². The maximum atomic E-state index is 2.37. The van der Waals surface area contributed by atoms with E-state index in [-0.39, 0.29) is 0 Å². The molecule has 0 unspecified atom stereocenters. The summed E-state index contributed by atoms with van der Waals surface area (Å²) in [4.78, 5) is 2.37. The Kier molecular flexibility index (Phi) is 3.27. The van der Waals surface area contributed by atoms with Gasteiger partial charge in [0.25, 0.3) is 0 Å². The molecular formula is C7H18BN. The van der Waals surface area contributed by atoms with Crippen LogP contribution in [0.5, 0.6) is 0 Å². The number of rotatable bonds is 2. The molecule has 0 rings (SSSR count). The lowest BCUT2D eigenvalue weighted by atomic mass is 9.83. The second-order valence-electron chi connectivity index (χ2n) is 3.59. The SMILES string of the molecule is CCBN(C)C(C)(C)C. The number of hydrogen-bond donors (Lipinski definition) is 0. The molecule has 0 aromatic heterocycles. The summed E-state index contributed by atoms with van der Waals surface area (Å²) < 4.78 is 0. The minimum absolute atomic E-state index is 0.343. The smallest absolute Gasteiger partial charge is 0.204 e. The van der Waals surface area contributed by atoms with Gasteiger partial charge in [0.15, 0.2) is 0 Å². The van der Waals surface area contributed by atoms with Crippen LogP contribution in [-0.4, -0.2) is 24.8 Å². The molecule has 9 heavy (non-hydrogen) atoms. The molecule has 0 heterocycles. The second kappa shape index (κ2) is 3.26. The maximum absolute atomic E-state index is 2.37. The summed E-state index contributed by atoms with van der Waals surface area (Å²) in [6.07, 6.45) is 1.24. The van der Waals surface area contributed by atoms with Crippen LogP contribution in [-0.2, 0) is 0 Å². The molecule has 0 aromatic rings. The van der Waals surface area contributed by atoms with E-state index in [2.05, 4.69) is 39.6 Å². The van der Waals surface area contributed by atoms with E-state index >= 15 is 0 Å². The molecule has 0 aliphatic heterocycles. The molecule has 0 aliphatic rings. The van der Waals surface area contributed by atoms with Crippen LogP contribution in [0.25, 0.3) is 0 Å². The van der Waals surface area contributed by atoms with Crippen LogP contribution in [0.3, 0.4) is 0 Å². The Morgan fingerprint density at radius 1 is 1.33 bits per heavy atom. The first kappa shape index (κ1) is 9.02. The second-order valence-corrected chi connectivity index (χ2v) is 3.59. The summed E-state index contributed by atoms with van der Waals surface area (Å²) in [6.45, 7) is 8.93. The molecular weight excluding hydrogens is 109 g/mol. The predicted molar refractivity (Wildman–Crippen MR) is 45.1 cm³/mol. The zero-order chi connectivity index (χ0) is 7.49. The molecule has 0 N–H and O–H groups in total. The monoisotopic (exact) mass is 127 g/mol. The highest BCUT2D eigenvalue weighted by Crippen LogP contribution is 2.08. The Labute approximate surface area is 59.7 Å². The summed E-state index contributed by atoms with van der Waals surface area (Å²) in [5.41, 5.74) is 0.343. The van der Waals surface area contributed by atoms with E-state index in [4.69, 9.17) is 0 Å². The van der Waals surface area contributed by atoms with Crippen molar-refractivity contribution in [2.45, 2.75) is 39.6 Å². The molecule has 0 radical (unpaired) electrons. The van der Waals surface area contributed by atoms with Gasteiger partial charge in [0.2, 0.25) is 7.41 Å². The number of hydrogen-bond acceptors (Lipinski definition) is 1. The standard InChI is InChI=1S/C7H18BN/c1-6-8-9(5)7(2,3)4/h8H,6H2,1-5H3. The zero-order valence-corrected chi connectivity index (χ0v) is 7.36. The van der Waals surface area contributed by atoms with Crippen LogP contribution in [0, 0.1) is 0 Å². The van der Waals surface area contributed by atoms with E-state index in [1.807, 2.05) is 0 Å². The van der Waals surface area contributed by atoms with Crippen LogP contribution >= 0.6 is 0 Å². The highest BCUT2D eigenvalue weighted by atomic mass is 15.1. The molecule has 0 aliphatic carbocycles. The Balaban J connectivity index is 3.59. The Morgan fingerprint density at radius 2 is 1.78 bits per heavy atom. The van der Waals surface area contributed by atoms with Gasteiger partial charge in [0, 0.05) is 5.54 Å². The molecule has 0 atom stereocenters. The van der Waals surface area contributed by atoms with Crippen molar-refractivity contribution >= 4 is 7.41 Å². The molecule has 0 saturated carbocycles. The van der Waals surface area contributed by atoms with Crippen molar-refractivity contribution in [3.8, 4) is 0 Å². The molecule has 0 bridgehead atoms. The van der Waals surface area contributed by atoms with Crippen molar-refractivity contribution < 1.29 is 0 Å². The van der Waals surface area contributed by atoms with Crippen LogP contribution in [0.1, 0.15) is 27.7 Å². The van der Waals surface area contributed by atoms with Crippen LogP contribution in [0.15, 0.2) is 0 Å². The molecule has 0 aromatic carbocycles. The van der Waals surface area contributed by atoms with E-state index in [9.17, 15) is 0 Å². The molecule has 0 spiro atoms. The van der Waals surface area contributed by atoms with Crippen molar-refractivity contribution in [2.75, 3.05) is 7.05 Å². The van der Waals surface area contributed by atoms with E-state index in [1.165, 1.54) is 13.7 Å². The first-order chi connectivity index (χ1) is 3.98. The molecule has 54 valence electrons. The average Bonchev–Trinajstić information content (AvgIpc) is 1.64. The number of nitrogens with zero attached hydrogens (tertiary/aromatic N) is 1. The predicted octanol–water partition coefficient (Wildman–Crippen LogP) is 1.51. The average molecular weight is 127 g/mol. The third kappa shape index (κ3) is 3.58. The van der Waals surface area contributed by atoms with E-state index in [0.29, 0.717) is 5.54 Å². The minimum Gasteiger partial charge on any atom is -0.343 e. The molecule has 2 heteroatoms. The van der Waals surface area contributed by atoms with Crippen molar-refractivity contribution in [1.82, 2.24) is 4.81 Å². The van der Waals surface area contributed by atoms with Gasteiger partial charge in [-0.25, -0.2) is 0 Å². The summed E-state index contributed by atoms with van der Waals surface area (Å²) in [5.74, 6) is 0. The van der Waals surface area contributed by atoms with E-state index in [1.54, 1.807) is 0 Å². The Morgan fingerprint density at radius 3 is 1.89 bits per heavy atom. The Hall–Kier alpha value is 0.0249. The molecule has 0 fully saturated rings. The van der Waals surface area contributed by atoms with Gasteiger partial charge in [-0.15, -0.1) is 0 Å². The summed E-state index contributed by atoms with van der Waals surface area (Å²) in [7, 11) is 3.37. The quantitative estimate of drug-likeness (QED) is 0.508. The normalized spacial score (nSPS) is 12.2. The molecule has 0 saturated heterocycles. The topological polar surface area (TPSA) is 3.24 Å². The first-order valence-corrected chi connectivity index (χ1v) is 3.69. The van der Waals surface area contributed by atoms with Gasteiger partial charge in [0.05, 0.1) is 0 Å². The highest BCUT2D eigenvalue weighted by Gasteiger charge is 2.15. The lowest BCUT2D eigenvalue weighted by molar-refractivity contribution is 0.299. The van der Waals surface area contributed by atoms with Gasteiger partial charge in [-0.3, -0.25) is 0 Å². The fraction of sp³-hybridized carbons (Fsp3) is 1.00. The van der Waals surface area contributed by atoms with Crippen molar-refractivity contribution in [2.24, 2.45) is 0 Å². The van der Waals surface area contributed by atoms with Gasteiger partial charge >= 0.3 is 0 Å². The zero-order valence-electron chi connectivity index (χ0n) is 7.36. The Bertz CT molecular complexity index is 75.5. The van der Waals surface area contributed by atoms with Gasteiger partial charge < -0.3 is 4.81 Å². The first-order valence-electron chi connectivity index (χ1n) is 3.69. The van der Waals surface area contributed by atoms with Crippen molar-refractivity contribution in [3.05, 3.63) is 0 Å². The van der Waals surface area contributed by atoms with E-state index in [0.717, 1.165) is 0 Å². The fourth-order valence-corrected chi connectivity index (χ4v) is 0.671. The van der Waals surface area contributed by atoms with E-state index < -0.39 is 0 Å². The third-order valence-electron chi connectivity index (χ3n) is 1.70. The largest absolute Gasteiger partial charge is 0.343 e. The van der Waals surface area contributed by atoms with Gasteiger partial charge in [-0.2, -0.15) is 0 Å². The third-order valence-corrected chi connectivity index (χ3v) is 1.70. The summed E-state index contributed by atoms with van der Waals surface area (Å²) in [5, 5.41) is 0. The lowest BCUT2D eigenvalue weighted by Crippen LogP contribution is -2.40. The summed E-state index contributed by atoms with van der Waals surface area (Å²) in [6, 6.07) is 0. The molecule has 1 nitrogen and oxygen atoms in total. The van der Waals surface area contributed by atoms with Crippen molar-refractivity contribution in [1.29, 1.82) is 0 Å². The summed E-state index contributed by atoms with van der Waals surface area (Å²) >= 11 is 0. The van der Waals surface area contributed by atoms with Crippen LogP contribution in [0.2, 0.25) is 6.32 Å². The van der Waals surface area contributed by atoms with Gasteiger partial charge in [0.1, 0.15) is 0 Å². The minimum atomic E-state index is 0.343. The fourth-order valence-electron chi connectivity index (χ4n) is 0.671. The molecule has 0 amide bonds. The van der Waals surface area contributed by atoms with Gasteiger partial charge in [-0.05, 0) is 27.8 Å².